The molecule has 2 bridgehead atoms. The number of fused-ring (bicyclic) bond motifs is 2. The molecular weight excluding hydrogens is 500 g/mol. The first-order valence-corrected chi connectivity index (χ1v) is 14.4. The molecule has 2 aliphatic heterocycles. The first kappa shape index (κ1) is 27.7. The Morgan fingerprint density at radius 2 is 1.79 bits per heavy atom. The number of hydrogen-bond acceptors (Lipinski definition) is 7. The number of esters is 1. The van der Waals surface area contributed by atoms with Gasteiger partial charge in [0.1, 0.15) is 18.2 Å². The molecular formula is C30H42N2O7. The number of aliphatic hydroxyl groups is 1. The van der Waals surface area contributed by atoms with Crippen LogP contribution in [0.15, 0.2) is 18.2 Å². The largest absolute Gasteiger partial charge is 0.504 e. The molecule has 9 heteroatoms. The lowest BCUT2D eigenvalue weighted by atomic mass is 9.70. The molecule has 0 radical (unpaired) electrons. The zero-order chi connectivity index (χ0) is 28.1. The molecule has 2 saturated carbocycles. The molecule has 39 heavy (non-hydrogen) atoms. The van der Waals surface area contributed by atoms with E-state index in [-0.39, 0.29) is 53.3 Å². The van der Waals surface area contributed by atoms with Crippen molar-refractivity contribution in [2.75, 3.05) is 19.6 Å². The van der Waals surface area contributed by atoms with E-state index in [2.05, 4.69) is 20.8 Å². The van der Waals surface area contributed by atoms with E-state index in [0.717, 1.165) is 19.3 Å². The van der Waals surface area contributed by atoms with Gasteiger partial charge in [-0.1, -0.05) is 26.8 Å². The van der Waals surface area contributed by atoms with Gasteiger partial charge in [-0.15, -0.1) is 0 Å². The lowest BCUT2D eigenvalue weighted by Gasteiger charge is -2.39. The predicted molar refractivity (Wildman–Crippen MR) is 143 cm³/mol. The number of benzene rings is 1. The molecule has 3 N–H and O–H groups in total. The normalized spacial score (nSPS) is 32.3. The third-order valence-electron chi connectivity index (χ3n) is 10.6. The maximum atomic E-state index is 13.6. The first-order valence-electron chi connectivity index (χ1n) is 14.4. The van der Waals surface area contributed by atoms with Crippen LogP contribution in [0, 0.1) is 22.7 Å². The molecule has 6 atom stereocenters. The molecule has 5 rings (SSSR count). The van der Waals surface area contributed by atoms with Crippen molar-refractivity contribution in [3.05, 3.63) is 23.8 Å². The Hall–Kier alpha value is -2.81. The Balaban J connectivity index is 1.19. The third-order valence-corrected chi connectivity index (χ3v) is 10.6. The second-order valence-electron chi connectivity index (χ2n) is 12.9. The van der Waals surface area contributed by atoms with Crippen LogP contribution in [0.3, 0.4) is 0 Å². The SMILES string of the molecule is CC1(C)C2CCC1(C)C(OC(=O)C1CCCN1C(=O)C1CCCN(C(=O)C(O)Cc3ccc(O)c(O)c3)C1)C2. The van der Waals surface area contributed by atoms with Crippen molar-refractivity contribution in [2.45, 2.75) is 90.4 Å². The van der Waals surface area contributed by atoms with Gasteiger partial charge in [-0.2, -0.15) is 0 Å². The summed E-state index contributed by atoms with van der Waals surface area (Å²) in [6.07, 6.45) is 4.26. The van der Waals surface area contributed by atoms with Crippen LogP contribution < -0.4 is 0 Å². The highest BCUT2D eigenvalue weighted by Crippen LogP contribution is 2.66. The van der Waals surface area contributed by atoms with Crippen molar-refractivity contribution in [3.8, 4) is 11.5 Å². The molecule has 6 unspecified atom stereocenters. The second kappa shape index (κ2) is 10.3. The topological polar surface area (TPSA) is 128 Å². The van der Waals surface area contributed by atoms with E-state index in [0.29, 0.717) is 43.8 Å². The number of phenolic OH excluding ortho intramolecular Hbond substituents is 2. The number of ether oxygens (including phenoxy) is 1. The van der Waals surface area contributed by atoms with Crippen LogP contribution in [0.25, 0.3) is 0 Å². The van der Waals surface area contributed by atoms with Gasteiger partial charge in [-0.25, -0.2) is 4.79 Å². The lowest BCUT2D eigenvalue weighted by Crippen LogP contribution is -2.52. The highest BCUT2D eigenvalue weighted by Gasteiger charge is 2.63. The average Bonchev–Trinajstić information content (AvgIpc) is 3.54. The van der Waals surface area contributed by atoms with Crippen LogP contribution in [-0.4, -0.2) is 80.8 Å². The van der Waals surface area contributed by atoms with E-state index in [1.165, 1.54) is 23.5 Å². The van der Waals surface area contributed by atoms with E-state index >= 15 is 0 Å². The van der Waals surface area contributed by atoms with Gasteiger partial charge in [0.15, 0.2) is 11.5 Å². The van der Waals surface area contributed by atoms with Crippen LogP contribution in [0.5, 0.6) is 11.5 Å². The monoisotopic (exact) mass is 542 g/mol. The average molecular weight is 543 g/mol. The molecule has 1 aromatic carbocycles. The summed E-state index contributed by atoms with van der Waals surface area (Å²) in [5, 5.41) is 29.8. The van der Waals surface area contributed by atoms with Crippen LogP contribution in [0.4, 0.5) is 0 Å². The molecule has 4 fully saturated rings. The van der Waals surface area contributed by atoms with E-state index in [9.17, 15) is 29.7 Å². The Morgan fingerprint density at radius 1 is 1.05 bits per heavy atom. The van der Waals surface area contributed by atoms with Crippen molar-refractivity contribution in [2.24, 2.45) is 22.7 Å². The smallest absolute Gasteiger partial charge is 0.329 e. The Labute approximate surface area is 230 Å². The van der Waals surface area contributed by atoms with Crippen molar-refractivity contribution in [1.29, 1.82) is 0 Å². The number of rotatable bonds is 6. The third kappa shape index (κ3) is 4.87. The van der Waals surface area contributed by atoms with Gasteiger partial charge in [0, 0.05) is 31.5 Å². The summed E-state index contributed by atoms with van der Waals surface area (Å²) in [7, 11) is 0. The molecule has 4 aliphatic rings. The number of aliphatic hydroxyl groups excluding tert-OH is 1. The molecule has 0 spiro atoms. The van der Waals surface area contributed by atoms with Gasteiger partial charge in [-0.05, 0) is 74.0 Å². The van der Waals surface area contributed by atoms with E-state index in [1.54, 1.807) is 11.0 Å². The number of nitrogens with zero attached hydrogens (tertiary/aromatic N) is 2. The van der Waals surface area contributed by atoms with Crippen molar-refractivity contribution in [1.82, 2.24) is 9.80 Å². The number of hydrogen-bond donors (Lipinski definition) is 3. The van der Waals surface area contributed by atoms with Gasteiger partial charge < -0.3 is 29.9 Å². The Morgan fingerprint density at radius 3 is 2.46 bits per heavy atom. The van der Waals surface area contributed by atoms with Crippen molar-refractivity contribution >= 4 is 17.8 Å². The highest BCUT2D eigenvalue weighted by atomic mass is 16.5. The number of likely N-dealkylation sites (tertiary alicyclic amines) is 2. The summed E-state index contributed by atoms with van der Waals surface area (Å²) in [6, 6.07) is 3.59. The Kier molecular flexibility index (Phi) is 7.33. The quantitative estimate of drug-likeness (QED) is 0.373. The number of phenols is 2. The molecule has 9 nitrogen and oxygen atoms in total. The van der Waals surface area contributed by atoms with Crippen LogP contribution in [0.2, 0.25) is 0 Å². The summed E-state index contributed by atoms with van der Waals surface area (Å²) in [5.74, 6) is -1.34. The number of piperidine rings is 1. The molecule has 2 aliphatic carbocycles. The fourth-order valence-corrected chi connectivity index (χ4v) is 7.63. The minimum absolute atomic E-state index is 0.0143. The zero-order valence-electron chi connectivity index (χ0n) is 23.3. The summed E-state index contributed by atoms with van der Waals surface area (Å²) >= 11 is 0. The standard InChI is InChI=1S/C30H42N2O7/c1-29(2)20-10-11-30(29,3)25(16-20)39-28(38)21-7-5-13-32(21)26(36)19-6-4-12-31(17-19)27(37)24(35)15-18-8-9-22(33)23(34)14-18/h8-9,14,19-21,24-25,33-35H,4-7,10-13,15-17H2,1-3H3. The minimum atomic E-state index is -1.33. The number of amides is 2. The van der Waals surface area contributed by atoms with Crippen LogP contribution >= 0.6 is 0 Å². The summed E-state index contributed by atoms with van der Waals surface area (Å²) in [5.41, 5.74) is 0.612. The molecule has 2 heterocycles. The number of aromatic hydroxyl groups is 2. The zero-order valence-corrected chi connectivity index (χ0v) is 23.3. The van der Waals surface area contributed by atoms with Crippen molar-refractivity contribution < 1.29 is 34.4 Å². The number of carbonyl (C=O) groups is 3. The maximum absolute atomic E-state index is 13.6. The summed E-state index contributed by atoms with van der Waals surface area (Å²) in [6.45, 7) is 7.96. The Bertz CT molecular complexity index is 1140. The fraction of sp³-hybridized carbons (Fsp3) is 0.700. The van der Waals surface area contributed by atoms with Gasteiger partial charge in [0.2, 0.25) is 5.91 Å². The van der Waals surface area contributed by atoms with Gasteiger partial charge in [-0.3, -0.25) is 9.59 Å². The van der Waals surface area contributed by atoms with E-state index < -0.39 is 24.0 Å². The second-order valence-corrected chi connectivity index (χ2v) is 12.9. The molecule has 1 aromatic rings. The molecule has 214 valence electrons. The van der Waals surface area contributed by atoms with Gasteiger partial charge in [0.05, 0.1) is 5.92 Å². The molecule has 2 saturated heterocycles. The lowest BCUT2D eigenvalue weighted by molar-refractivity contribution is -0.166. The minimum Gasteiger partial charge on any atom is -0.504 e. The first-order chi connectivity index (χ1) is 18.4. The predicted octanol–water partition coefficient (Wildman–Crippen LogP) is 2.99. The fourth-order valence-electron chi connectivity index (χ4n) is 7.63. The van der Waals surface area contributed by atoms with Gasteiger partial charge in [0.25, 0.3) is 5.91 Å². The van der Waals surface area contributed by atoms with Crippen LogP contribution in [-0.2, 0) is 25.5 Å². The van der Waals surface area contributed by atoms with Crippen molar-refractivity contribution in [3.63, 3.8) is 0 Å². The van der Waals surface area contributed by atoms with E-state index in [4.69, 9.17) is 4.74 Å². The summed E-state index contributed by atoms with van der Waals surface area (Å²) < 4.78 is 6.13. The molecule has 2 amide bonds. The van der Waals surface area contributed by atoms with Crippen LogP contribution in [0.1, 0.15) is 71.3 Å². The number of carbonyl (C=O) groups excluding carboxylic acids is 3. The summed E-state index contributed by atoms with van der Waals surface area (Å²) in [4.78, 5) is 43.2. The highest BCUT2D eigenvalue weighted by molar-refractivity contribution is 5.88. The molecule has 0 aromatic heterocycles. The van der Waals surface area contributed by atoms with E-state index in [1.807, 2.05) is 0 Å². The maximum Gasteiger partial charge on any atom is 0.329 e. The van der Waals surface area contributed by atoms with Gasteiger partial charge >= 0.3 is 5.97 Å².